The molecule has 0 aliphatic carbocycles. The Morgan fingerprint density at radius 3 is 2.68 bits per heavy atom. The van der Waals surface area contributed by atoms with Crippen molar-refractivity contribution >= 4 is 61.4 Å². The third-order valence-electron chi connectivity index (χ3n) is 2.71. The molecule has 0 unspecified atom stereocenters. The Kier molecular flexibility index (Phi) is 3.52. The lowest BCUT2D eigenvalue weighted by molar-refractivity contribution is 1.24. The Bertz CT molecular complexity index is 786. The van der Waals surface area contributed by atoms with Crippen molar-refractivity contribution in [3.8, 4) is 10.7 Å². The molecule has 0 radical (unpaired) electrons. The van der Waals surface area contributed by atoms with Crippen molar-refractivity contribution in [3.05, 3.63) is 43.8 Å². The zero-order valence-corrected chi connectivity index (χ0v) is 13.7. The van der Waals surface area contributed by atoms with Crippen molar-refractivity contribution in [2.75, 3.05) is 0 Å². The van der Waals surface area contributed by atoms with Crippen molar-refractivity contribution in [1.29, 1.82) is 0 Å². The monoisotopic (exact) mass is 372 g/mol. The summed E-state index contributed by atoms with van der Waals surface area (Å²) in [4.78, 5) is 9.73. The van der Waals surface area contributed by atoms with E-state index in [1.807, 2.05) is 30.5 Å². The summed E-state index contributed by atoms with van der Waals surface area (Å²) in [6, 6.07) is 5.74. The summed E-state index contributed by atoms with van der Waals surface area (Å²) in [7, 11) is 0. The lowest BCUT2D eigenvalue weighted by Gasteiger charge is -2.04. The fraction of sp³-hybridized carbons (Fsp3) is 0.0769. The summed E-state index contributed by atoms with van der Waals surface area (Å²) in [6.07, 6.45) is 0. The van der Waals surface area contributed by atoms with Crippen LogP contribution < -0.4 is 0 Å². The minimum atomic E-state index is 0.434. The van der Waals surface area contributed by atoms with Gasteiger partial charge in [-0.2, -0.15) is 0 Å². The maximum atomic E-state index is 6.25. The van der Waals surface area contributed by atoms with Crippen LogP contribution >= 0.6 is 50.5 Å². The number of aryl methyl sites for hydroxylation is 1. The molecule has 19 heavy (non-hydrogen) atoms. The zero-order valence-electron chi connectivity index (χ0n) is 9.75. The summed E-state index contributed by atoms with van der Waals surface area (Å²) in [5.74, 6) is 0.572. The van der Waals surface area contributed by atoms with Gasteiger partial charge in [0.25, 0.3) is 0 Å². The smallest absolute Gasteiger partial charge is 0.173 e. The van der Waals surface area contributed by atoms with Crippen LogP contribution in [0.25, 0.3) is 21.6 Å². The molecule has 3 rings (SSSR count). The van der Waals surface area contributed by atoms with Gasteiger partial charge in [0.05, 0.1) is 15.4 Å². The van der Waals surface area contributed by atoms with Crippen LogP contribution in [-0.2, 0) is 0 Å². The van der Waals surface area contributed by atoms with Gasteiger partial charge >= 0.3 is 0 Å². The maximum Gasteiger partial charge on any atom is 0.173 e. The molecule has 3 aromatic rings. The third kappa shape index (κ3) is 2.38. The molecule has 0 spiro atoms. The fourth-order valence-corrected chi connectivity index (χ4v) is 3.55. The first-order valence-electron chi connectivity index (χ1n) is 5.43. The van der Waals surface area contributed by atoms with Gasteiger partial charge in [-0.15, -0.1) is 11.3 Å². The Hall–Kier alpha value is -0.680. The number of rotatable bonds is 1. The molecule has 0 atom stereocenters. The van der Waals surface area contributed by atoms with E-state index in [-0.39, 0.29) is 0 Å². The van der Waals surface area contributed by atoms with Crippen molar-refractivity contribution in [3.63, 3.8) is 0 Å². The van der Waals surface area contributed by atoms with E-state index in [4.69, 9.17) is 23.2 Å². The summed E-state index contributed by atoms with van der Waals surface area (Å²) in [5, 5.41) is 3.94. The summed E-state index contributed by atoms with van der Waals surface area (Å²) in [6.45, 7) is 1.96. The van der Waals surface area contributed by atoms with Crippen molar-refractivity contribution in [2.45, 2.75) is 6.92 Å². The van der Waals surface area contributed by atoms with Crippen LogP contribution in [0.4, 0.5) is 0 Å². The van der Waals surface area contributed by atoms with E-state index in [0.29, 0.717) is 16.0 Å². The number of nitrogens with zero attached hydrogens (tertiary/aromatic N) is 2. The number of fused-ring (bicyclic) bond motifs is 1. The predicted molar refractivity (Wildman–Crippen MR) is 85.3 cm³/mol. The highest BCUT2D eigenvalue weighted by Crippen LogP contribution is 2.36. The van der Waals surface area contributed by atoms with Crippen molar-refractivity contribution in [2.24, 2.45) is 0 Å². The van der Waals surface area contributed by atoms with Gasteiger partial charge in [-0.1, -0.05) is 39.1 Å². The van der Waals surface area contributed by atoms with E-state index < -0.39 is 0 Å². The molecule has 6 heteroatoms. The highest BCUT2D eigenvalue weighted by atomic mass is 79.9. The minimum absolute atomic E-state index is 0.434. The van der Waals surface area contributed by atoms with Crippen LogP contribution in [0.5, 0.6) is 0 Å². The van der Waals surface area contributed by atoms with E-state index in [1.165, 1.54) is 11.3 Å². The first-order chi connectivity index (χ1) is 9.06. The average Bonchev–Trinajstić information content (AvgIpc) is 2.71. The van der Waals surface area contributed by atoms with Gasteiger partial charge in [0, 0.05) is 9.86 Å². The molecule has 0 bridgehead atoms. The Morgan fingerprint density at radius 1 is 1.21 bits per heavy atom. The van der Waals surface area contributed by atoms with Crippen LogP contribution in [0.1, 0.15) is 5.56 Å². The molecule has 0 aliphatic heterocycles. The van der Waals surface area contributed by atoms with Crippen LogP contribution in [-0.4, -0.2) is 9.97 Å². The number of thiophene rings is 1. The lowest BCUT2D eigenvalue weighted by atomic mass is 10.2. The topological polar surface area (TPSA) is 25.8 Å². The summed E-state index contributed by atoms with van der Waals surface area (Å²) >= 11 is 17.4. The van der Waals surface area contributed by atoms with Gasteiger partial charge in [0.15, 0.2) is 5.82 Å². The highest BCUT2D eigenvalue weighted by molar-refractivity contribution is 9.10. The van der Waals surface area contributed by atoms with Crippen molar-refractivity contribution in [1.82, 2.24) is 9.97 Å². The standard InChI is InChI=1S/C13H7BrCl2N2S/c1-6-5-19-11(10(6)15)13-17-9-3-2-7(14)4-8(9)12(16)18-13/h2-5H,1H3. The van der Waals surface area contributed by atoms with Gasteiger partial charge in [-0.05, 0) is 36.1 Å². The number of halogens is 3. The SMILES string of the molecule is Cc1csc(-c2nc(Cl)c3cc(Br)ccc3n2)c1Cl. The number of hydrogen-bond donors (Lipinski definition) is 0. The molecular weight excluding hydrogens is 367 g/mol. The average molecular weight is 374 g/mol. The van der Waals surface area contributed by atoms with Gasteiger partial charge in [0.2, 0.25) is 0 Å². The summed E-state index contributed by atoms with van der Waals surface area (Å²) < 4.78 is 0.947. The number of aromatic nitrogens is 2. The molecule has 2 nitrogen and oxygen atoms in total. The van der Waals surface area contributed by atoms with E-state index in [0.717, 1.165) is 25.8 Å². The Balaban J connectivity index is 2.27. The second-order valence-corrected chi connectivity index (χ2v) is 6.59. The fourth-order valence-electron chi connectivity index (χ4n) is 1.75. The second-order valence-electron chi connectivity index (χ2n) is 4.06. The number of benzene rings is 1. The number of hydrogen-bond acceptors (Lipinski definition) is 3. The van der Waals surface area contributed by atoms with Gasteiger partial charge < -0.3 is 0 Å². The normalized spacial score (nSPS) is 11.2. The Morgan fingerprint density at radius 2 is 2.00 bits per heavy atom. The molecule has 0 saturated heterocycles. The molecule has 0 N–H and O–H groups in total. The van der Waals surface area contributed by atoms with E-state index in [9.17, 15) is 0 Å². The van der Waals surface area contributed by atoms with Crippen LogP contribution in [0, 0.1) is 6.92 Å². The Labute approximate surface area is 132 Å². The summed E-state index contributed by atoms with van der Waals surface area (Å²) in [5.41, 5.74) is 1.83. The molecule has 96 valence electrons. The van der Waals surface area contributed by atoms with Gasteiger partial charge in [-0.3, -0.25) is 0 Å². The maximum absolute atomic E-state index is 6.25. The van der Waals surface area contributed by atoms with E-state index >= 15 is 0 Å². The predicted octanol–water partition coefficient (Wildman–Crippen LogP) is 5.74. The van der Waals surface area contributed by atoms with Crippen molar-refractivity contribution < 1.29 is 0 Å². The highest BCUT2D eigenvalue weighted by Gasteiger charge is 2.14. The molecule has 2 aromatic heterocycles. The molecule has 1 aromatic carbocycles. The molecule has 2 heterocycles. The quantitative estimate of drug-likeness (QED) is 0.508. The molecule has 0 saturated carbocycles. The minimum Gasteiger partial charge on any atom is -0.227 e. The lowest BCUT2D eigenvalue weighted by Crippen LogP contribution is -1.90. The van der Waals surface area contributed by atoms with Gasteiger partial charge in [0.1, 0.15) is 5.15 Å². The van der Waals surface area contributed by atoms with Crippen LogP contribution in [0.2, 0.25) is 10.2 Å². The van der Waals surface area contributed by atoms with Gasteiger partial charge in [-0.25, -0.2) is 9.97 Å². The van der Waals surface area contributed by atoms with E-state index in [2.05, 4.69) is 25.9 Å². The van der Waals surface area contributed by atoms with E-state index in [1.54, 1.807) is 0 Å². The molecule has 0 fully saturated rings. The molecule has 0 aliphatic rings. The third-order valence-corrected chi connectivity index (χ3v) is 5.19. The molecule has 0 amide bonds. The zero-order chi connectivity index (χ0) is 13.6. The molecular formula is C13H7BrCl2N2S. The largest absolute Gasteiger partial charge is 0.227 e. The van der Waals surface area contributed by atoms with Crippen LogP contribution in [0.3, 0.4) is 0 Å². The van der Waals surface area contributed by atoms with Crippen LogP contribution in [0.15, 0.2) is 28.1 Å². The second kappa shape index (κ2) is 5.02. The first kappa shape index (κ1) is 13.3. The first-order valence-corrected chi connectivity index (χ1v) is 7.86.